The number of rotatable bonds is 5. The van der Waals surface area contributed by atoms with Crippen LogP contribution in [0.15, 0.2) is 0 Å². The molecular weight excluding hydrogens is 340 g/mol. The Morgan fingerprint density at radius 1 is 0.792 bits per heavy atom. The Kier molecular flexibility index (Phi) is 4.39. The molecule has 14 nitrogen and oxygen atoms in total. The topological polar surface area (TPSA) is 239 Å². The maximum Gasteiger partial charge on any atom is 0.408 e. The summed E-state index contributed by atoms with van der Waals surface area (Å²) in [6.07, 6.45) is -2.33. The molecule has 0 spiro atoms. The second-order valence-corrected chi connectivity index (χ2v) is 4.61. The molecule has 0 saturated carbocycles. The van der Waals surface area contributed by atoms with Crippen LogP contribution >= 0.6 is 0 Å². The summed E-state index contributed by atoms with van der Waals surface area (Å²) in [4.78, 5) is 67.8. The molecule has 14 heteroatoms. The second-order valence-electron chi connectivity index (χ2n) is 4.61. The zero-order chi connectivity index (χ0) is 19.0. The standard InChI is InChI=1S/C10H10N2O12/c13-3(14)2-1-12(8(23)24)10(6(19)20,7(21)22)9(11-2,4(15)16)5(17)18/h2,11H,1H2,(H,13,14)(H,15,16)(H,17,18)(H,19,20)(H,21,22)(H,23,24)/t2-/m0/s1. The first-order valence-corrected chi connectivity index (χ1v) is 5.82. The van der Waals surface area contributed by atoms with Crippen LogP contribution in [0.2, 0.25) is 0 Å². The molecule has 1 fully saturated rings. The van der Waals surface area contributed by atoms with E-state index in [1.165, 1.54) is 5.32 Å². The van der Waals surface area contributed by atoms with Crippen molar-refractivity contribution in [3.8, 4) is 0 Å². The van der Waals surface area contributed by atoms with Crippen molar-refractivity contribution in [2.45, 2.75) is 17.1 Å². The molecule has 0 aliphatic carbocycles. The van der Waals surface area contributed by atoms with E-state index in [1.54, 1.807) is 0 Å². The summed E-state index contributed by atoms with van der Waals surface area (Å²) in [5.74, 6) is -12.4. The number of carbonyl (C=O) groups is 6. The Morgan fingerprint density at radius 2 is 1.21 bits per heavy atom. The Morgan fingerprint density at radius 3 is 1.46 bits per heavy atom. The van der Waals surface area contributed by atoms with Crippen molar-refractivity contribution in [3.63, 3.8) is 0 Å². The monoisotopic (exact) mass is 350 g/mol. The van der Waals surface area contributed by atoms with Crippen LogP contribution in [0, 0.1) is 0 Å². The van der Waals surface area contributed by atoms with Gasteiger partial charge in [-0.25, -0.2) is 24.0 Å². The highest BCUT2D eigenvalue weighted by atomic mass is 16.4. The number of hydrogen-bond acceptors (Lipinski definition) is 7. The summed E-state index contributed by atoms with van der Waals surface area (Å²) < 4.78 is 0. The van der Waals surface area contributed by atoms with E-state index in [2.05, 4.69) is 0 Å². The first-order chi connectivity index (χ1) is 10.9. The summed E-state index contributed by atoms with van der Waals surface area (Å²) >= 11 is 0. The van der Waals surface area contributed by atoms with Crippen molar-refractivity contribution in [2.75, 3.05) is 6.54 Å². The van der Waals surface area contributed by atoms with Gasteiger partial charge in [-0.05, 0) is 0 Å². The van der Waals surface area contributed by atoms with Crippen LogP contribution in [0.4, 0.5) is 4.79 Å². The molecule has 1 aliphatic heterocycles. The second kappa shape index (κ2) is 5.65. The summed E-state index contributed by atoms with van der Waals surface area (Å²) in [7, 11) is 0. The predicted molar refractivity (Wildman–Crippen MR) is 65.3 cm³/mol. The lowest BCUT2D eigenvalue weighted by molar-refractivity contribution is -0.195. The lowest BCUT2D eigenvalue weighted by atomic mass is 9.72. The van der Waals surface area contributed by atoms with Crippen LogP contribution in [0.1, 0.15) is 0 Å². The molecule has 0 aromatic carbocycles. The molecule has 0 aromatic rings. The van der Waals surface area contributed by atoms with Crippen molar-refractivity contribution < 1.29 is 59.4 Å². The summed E-state index contributed by atoms with van der Waals surface area (Å²) in [6, 6.07) is -2.19. The maximum absolute atomic E-state index is 11.5. The Hall–Kier alpha value is -3.42. The number of piperazine rings is 1. The Labute approximate surface area is 130 Å². The number of amides is 1. The van der Waals surface area contributed by atoms with Crippen LogP contribution in [0.5, 0.6) is 0 Å². The highest BCUT2D eigenvalue weighted by Gasteiger charge is 2.79. The third-order valence-corrected chi connectivity index (χ3v) is 3.49. The van der Waals surface area contributed by atoms with Gasteiger partial charge < -0.3 is 30.6 Å². The highest BCUT2D eigenvalue weighted by molar-refractivity contribution is 6.21. The SMILES string of the molecule is O=C(O)[C@@H]1CN(C(=O)O)C(C(=O)O)(C(=O)O)C(C(=O)O)(C(=O)O)N1. The molecule has 132 valence electrons. The van der Waals surface area contributed by atoms with E-state index in [9.17, 15) is 49.2 Å². The van der Waals surface area contributed by atoms with Crippen LogP contribution < -0.4 is 5.32 Å². The zero-order valence-corrected chi connectivity index (χ0v) is 11.4. The minimum atomic E-state index is -4.07. The fourth-order valence-corrected chi connectivity index (χ4v) is 2.46. The molecular formula is C10H10N2O12. The zero-order valence-electron chi connectivity index (χ0n) is 11.4. The highest BCUT2D eigenvalue weighted by Crippen LogP contribution is 2.36. The number of carboxylic acid groups (broad SMARTS) is 6. The van der Waals surface area contributed by atoms with Gasteiger partial charge in [0.25, 0.3) is 11.1 Å². The van der Waals surface area contributed by atoms with E-state index < -0.39 is 64.5 Å². The molecule has 7 N–H and O–H groups in total. The Bertz CT molecular complexity index is 626. The summed E-state index contributed by atoms with van der Waals surface area (Å²) in [5.41, 5.74) is -8.08. The fraction of sp³-hybridized carbons (Fsp3) is 0.400. The van der Waals surface area contributed by atoms with E-state index in [1.807, 2.05) is 0 Å². The van der Waals surface area contributed by atoms with Crippen LogP contribution in [0.25, 0.3) is 0 Å². The van der Waals surface area contributed by atoms with Crippen LogP contribution in [0.3, 0.4) is 0 Å². The van der Waals surface area contributed by atoms with Crippen LogP contribution in [-0.2, 0) is 24.0 Å². The molecule has 1 atom stereocenters. The van der Waals surface area contributed by atoms with E-state index in [0.717, 1.165) is 0 Å². The van der Waals surface area contributed by atoms with Gasteiger partial charge in [-0.2, -0.15) is 0 Å². The van der Waals surface area contributed by atoms with E-state index >= 15 is 0 Å². The number of carboxylic acids is 5. The van der Waals surface area contributed by atoms with Gasteiger partial charge in [0.1, 0.15) is 6.04 Å². The van der Waals surface area contributed by atoms with E-state index in [0.29, 0.717) is 0 Å². The van der Waals surface area contributed by atoms with Gasteiger partial charge in [-0.15, -0.1) is 0 Å². The average Bonchev–Trinajstić information content (AvgIpc) is 2.43. The normalized spacial score (nSPS) is 21.5. The van der Waals surface area contributed by atoms with Crippen LogP contribution in [-0.4, -0.2) is 95.1 Å². The molecule has 0 aromatic heterocycles. The number of hydrogen-bond donors (Lipinski definition) is 7. The van der Waals surface area contributed by atoms with Gasteiger partial charge in [0.05, 0.1) is 6.54 Å². The molecule has 24 heavy (non-hydrogen) atoms. The first kappa shape index (κ1) is 18.6. The molecule has 1 rings (SSSR count). The molecule has 0 radical (unpaired) electrons. The molecule has 0 unspecified atom stereocenters. The minimum absolute atomic E-state index is 0.546. The van der Waals surface area contributed by atoms with Gasteiger partial charge in [-0.3, -0.25) is 15.0 Å². The molecule has 1 heterocycles. The quantitative estimate of drug-likeness (QED) is 0.242. The third kappa shape index (κ3) is 2.08. The van der Waals surface area contributed by atoms with Gasteiger partial charge in [0, 0.05) is 0 Å². The van der Waals surface area contributed by atoms with Gasteiger partial charge in [-0.1, -0.05) is 0 Å². The third-order valence-electron chi connectivity index (χ3n) is 3.49. The van der Waals surface area contributed by atoms with Gasteiger partial charge in [0.2, 0.25) is 0 Å². The smallest absolute Gasteiger partial charge is 0.408 e. The summed E-state index contributed by atoms with van der Waals surface area (Å²) in [6.45, 7) is -1.33. The minimum Gasteiger partial charge on any atom is -0.480 e. The van der Waals surface area contributed by atoms with Crippen molar-refractivity contribution in [1.82, 2.24) is 10.2 Å². The van der Waals surface area contributed by atoms with Crippen molar-refractivity contribution >= 4 is 35.9 Å². The van der Waals surface area contributed by atoms with Crippen molar-refractivity contribution in [2.24, 2.45) is 0 Å². The summed E-state index contributed by atoms with van der Waals surface area (Å²) in [5, 5.41) is 56.3. The van der Waals surface area contributed by atoms with E-state index in [4.69, 9.17) is 10.2 Å². The van der Waals surface area contributed by atoms with Gasteiger partial charge >= 0.3 is 35.9 Å². The lowest BCUT2D eigenvalue weighted by Gasteiger charge is -2.49. The maximum atomic E-state index is 11.5. The lowest BCUT2D eigenvalue weighted by Crippen LogP contribution is -2.88. The molecule has 0 bridgehead atoms. The van der Waals surface area contributed by atoms with Gasteiger partial charge in [0.15, 0.2) is 0 Å². The number of aliphatic carboxylic acids is 5. The molecule has 1 amide bonds. The number of nitrogens with zero attached hydrogens (tertiary/aromatic N) is 1. The van der Waals surface area contributed by atoms with Crippen molar-refractivity contribution in [1.29, 1.82) is 0 Å². The molecule has 1 saturated heterocycles. The number of nitrogens with one attached hydrogen (secondary N) is 1. The first-order valence-electron chi connectivity index (χ1n) is 5.82. The fourth-order valence-electron chi connectivity index (χ4n) is 2.46. The average molecular weight is 350 g/mol. The van der Waals surface area contributed by atoms with Crippen molar-refractivity contribution in [3.05, 3.63) is 0 Å². The Balaban J connectivity index is 3.98. The molecule has 1 aliphatic rings. The predicted octanol–water partition coefficient (Wildman–Crippen LogP) is -3.16. The van der Waals surface area contributed by atoms with E-state index in [-0.39, 0.29) is 0 Å². The largest absolute Gasteiger partial charge is 0.480 e.